The first-order chi connectivity index (χ1) is 6.22. The van der Waals surface area contributed by atoms with Gasteiger partial charge in [0.1, 0.15) is 5.15 Å². The van der Waals surface area contributed by atoms with Crippen LogP contribution in [0.4, 0.5) is 5.95 Å². The second kappa shape index (κ2) is 2.85. The maximum atomic E-state index is 5.90. The van der Waals surface area contributed by atoms with Gasteiger partial charge in [-0.2, -0.15) is 10.1 Å². The third-order valence-corrected chi connectivity index (χ3v) is 2.09. The van der Waals surface area contributed by atoms with E-state index in [4.69, 9.17) is 17.3 Å². The highest BCUT2D eigenvalue weighted by Gasteiger charge is 2.10. The van der Waals surface area contributed by atoms with Gasteiger partial charge in [0.2, 0.25) is 5.95 Å². The first kappa shape index (κ1) is 8.25. The molecule has 13 heavy (non-hydrogen) atoms. The van der Waals surface area contributed by atoms with E-state index in [9.17, 15) is 0 Å². The van der Waals surface area contributed by atoms with E-state index in [0.29, 0.717) is 10.8 Å². The van der Waals surface area contributed by atoms with Crippen LogP contribution < -0.4 is 5.73 Å². The van der Waals surface area contributed by atoms with E-state index < -0.39 is 0 Å². The lowest BCUT2D eigenvalue weighted by atomic mass is 10.2. The number of nitrogens with two attached hydrogens (primary N) is 1. The summed E-state index contributed by atoms with van der Waals surface area (Å²) in [6.45, 7) is 2.00. The van der Waals surface area contributed by atoms with Gasteiger partial charge in [-0.3, -0.25) is 5.10 Å². The van der Waals surface area contributed by atoms with Crippen LogP contribution in [0.5, 0.6) is 0 Å². The van der Waals surface area contributed by atoms with E-state index in [2.05, 4.69) is 20.2 Å². The van der Waals surface area contributed by atoms with Crippen molar-refractivity contribution in [3.63, 3.8) is 0 Å². The molecule has 6 heteroatoms. The summed E-state index contributed by atoms with van der Waals surface area (Å²) in [5, 5.41) is 7.93. The third kappa shape index (κ3) is 1.21. The summed E-state index contributed by atoms with van der Waals surface area (Å²) in [5.74, 6) is 0.145. The van der Waals surface area contributed by atoms with E-state index in [0.717, 1.165) is 17.5 Å². The number of hydrogen-bond acceptors (Lipinski definition) is 4. The van der Waals surface area contributed by atoms with E-state index in [1.165, 1.54) is 0 Å². The van der Waals surface area contributed by atoms with Crippen LogP contribution in [0.2, 0.25) is 5.15 Å². The molecule has 0 spiro atoms. The molecule has 2 aromatic rings. The zero-order chi connectivity index (χ0) is 9.42. The van der Waals surface area contributed by atoms with Gasteiger partial charge in [-0.05, 0) is 6.42 Å². The SMILES string of the molecule is CCc1[nH]nc2nc(N)nc(Cl)c12. The molecule has 2 heterocycles. The predicted molar refractivity (Wildman–Crippen MR) is 50.5 cm³/mol. The second-order valence-electron chi connectivity index (χ2n) is 2.63. The van der Waals surface area contributed by atoms with Crippen LogP contribution in [0.1, 0.15) is 12.6 Å². The number of aromatic nitrogens is 4. The normalized spacial score (nSPS) is 10.9. The van der Waals surface area contributed by atoms with E-state index in [1.807, 2.05) is 6.92 Å². The fourth-order valence-corrected chi connectivity index (χ4v) is 1.50. The molecular weight excluding hydrogens is 190 g/mol. The molecule has 0 saturated heterocycles. The van der Waals surface area contributed by atoms with Crippen molar-refractivity contribution in [3.8, 4) is 0 Å². The van der Waals surface area contributed by atoms with Gasteiger partial charge in [-0.25, -0.2) is 4.98 Å². The molecule has 0 saturated carbocycles. The van der Waals surface area contributed by atoms with Crippen molar-refractivity contribution in [1.29, 1.82) is 0 Å². The number of anilines is 1. The standard InChI is InChI=1S/C7H8ClN5/c1-2-3-4-5(8)10-7(9)11-6(4)13-12-3/h2H2,1H3,(H3,9,10,11,12,13). The monoisotopic (exact) mass is 197 g/mol. The van der Waals surface area contributed by atoms with Crippen molar-refractivity contribution in [2.24, 2.45) is 0 Å². The Labute approximate surface area is 79.3 Å². The molecule has 0 aromatic carbocycles. The maximum absolute atomic E-state index is 5.90. The van der Waals surface area contributed by atoms with E-state index >= 15 is 0 Å². The van der Waals surface area contributed by atoms with E-state index in [-0.39, 0.29) is 5.95 Å². The highest BCUT2D eigenvalue weighted by molar-refractivity contribution is 6.34. The molecule has 0 aliphatic rings. The lowest BCUT2D eigenvalue weighted by molar-refractivity contribution is 0.984. The fourth-order valence-electron chi connectivity index (χ4n) is 1.21. The maximum Gasteiger partial charge on any atom is 0.223 e. The van der Waals surface area contributed by atoms with Crippen molar-refractivity contribution < 1.29 is 0 Å². The first-order valence-electron chi connectivity index (χ1n) is 3.88. The topological polar surface area (TPSA) is 80.5 Å². The van der Waals surface area contributed by atoms with Gasteiger partial charge >= 0.3 is 0 Å². The minimum absolute atomic E-state index is 0.145. The summed E-state index contributed by atoms with van der Waals surface area (Å²) >= 11 is 5.90. The average molecular weight is 198 g/mol. The van der Waals surface area contributed by atoms with Gasteiger partial charge in [0, 0.05) is 5.69 Å². The fraction of sp³-hybridized carbons (Fsp3) is 0.286. The van der Waals surface area contributed by atoms with Crippen molar-refractivity contribution >= 4 is 28.6 Å². The van der Waals surface area contributed by atoms with Gasteiger partial charge in [-0.1, -0.05) is 18.5 Å². The van der Waals surface area contributed by atoms with Gasteiger partial charge in [0.15, 0.2) is 5.65 Å². The minimum atomic E-state index is 0.145. The second-order valence-corrected chi connectivity index (χ2v) is 2.98. The predicted octanol–water partition coefficient (Wildman–Crippen LogP) is 1.15. The van der Waals surface area contributed by atoms with Gasteiger partial charge in [0.25, 0.3) is 0 Å². The Morgan fingerprint density at radius 2 is 2.23 bits per heavy atom. The summed E-state index contributed by atoms with van der Waals surface area (Å²) < 4.78 is 0. The summed E-state index contributed by atoms with van der Waals surface area (Å²) in [7, 11) is 0. The van der Waals surface area contributed by atoms with Gasteiger partial charge in [-0.15, -0.1) is 0 Å². The number of halogens is 1. The Morgan fingerprint density at radius 3 is 2.92 bits per heavy atom. The van der Waals surface area contributed by atoms with Crippen LogP contribution in [0, 0.1) is 0 Å². The average Bonchev–Trinajstić information content (AvgIpc) is 2.47. The minimum Gasteiger partial charge on any atom is -0.368 e. The molecule has 0 amide bonds. The summed E-state index contributed by atoms with van der Waals surface area (Å²) in [4.78, 5) is 7.80. The number of H-pyrrole nitrogens is 1. The number of nitrogen functional groups attached to an aromatic ring is 1. The molecule has 0 fully saturated rings. The molecule has 0 aliphatic carbocycles. The number of nitrogens with one attached hydrogen (secondary N) is 1. The molecule has 0 bridgehead atoms. The Bertz CT molecular complexity index is 449. The van der Waals surface area contributed by atoms with Gasteiger partial charge < -0.3 is 5.73 Å². The number of hydrogen-bond donors (Lipinski definition) is 2. The Balaban J connectivity index is 2.82. The zero-order valence-corrected chi connectivity index (χ0v) is 7.76. The number of rotatable bonds is 1. The lowest BCUT2D eigenvalue weighted by Crippen LogP contribution is -1.95. The number of nitrogens with zero attached hydrogens (tertiary/aromatic N) is 3. The Kier molecular flexibility index (Phi) is 1.81. The molecule has 3 N–H and O–H groups in total. The van der Waals surface area contributed by atoms with Crippen LogP contribution in [0.15, 0.2) is 0 Å². The smallest absolute Gasteiger partial charge is 0.223 e. The molecule has 2 aromatic heterocycles. The van der Waals surface area contributed by atoms with Crippen molar-refractivity contribution in [2.75, 3.05) is 5.73 Å². The van der Waals surface area contributed by atoms with Crippen molar-refractivity contribution in [1.82, 2.24) is 20.2 Å². The zero-order valence-electron chi connectivity index (χ0n) is 7.00. The number of aromatic amines is 1. The Morgan fingerprint density at radius 1 is 1.46 bits per heavy atom. The van der Waals surface area contributed by atoms with Crippen LogP contribution in [0.3, 0.4) is 0 Å². The van der Waals surface area contributed by atoms with Crippen LogP contribution in [-0.4, -0.2) is 20.2 Å². The third-order valence-electron chi connectivity index (χ3n) is 1.82. The molecule has 5 nitrogen and oxygen atoms in total. The van der Waals surface area contributed by atoms with E-state index in [1.54, 1.807) is 0 Å². The molecule has 0 radical (unpaired) electrons. The Hall–Kier alpha value is -1.36. The number of aryl methyl sites for hydroxylation is 1. The van der Waals surface area contributed by atoms with Gasteiger partial charge in [0.05, 0.1) is 5.39 Å². The highest BCUT2D eigenvalue weighted by atomic mass is 35.5. The molecule has 0 aliphatic heterocycles. The summed E-state index contributed by atoms with van der Waals surface area (Å²) in [6.07, 6.45) is 0.809. The van der Waals surface area contributed by atoms with Crippen molar-refractivity contribution in [3.05, 3.63) is 10.8 Å². The highest BCUT2D eigenvalue weighted by Crippen LogP contribution is 2.22. The van der Waals surface area contributed by atoms with Crippen LogP contribution >= 0.6 is 11.6 Å². The quantitative estimate of drug-likeness (QED) is 0.672. The molecular formula is C7H8ClN5. The lowest BCUT2D eigenvalue weighted by Gasteiger charge is -1.95. The summed E-state index contributed by atoms with van der Waals surface area (Å²) in [5.41, 5.74) is 6.87. The largest absolute Gasteiger partial charge is 0.368 e. The first-order valence-corrected chi connectivity index (χ1v) is 4.26. The van der Waals surface area contributed by atoms with Crippen LogP contribution in [0.25, 0.3) is 11.0 Å². The molecule has 0 unspecified atom stereocenters. The molecule has 2 rings (SSSR count). The molecule has 0 atom stereocenters. The molecule has 68 valence electrons. The van der Waals surface area contributed by atoms with Crippen LogP contribution in [-0.2, 0) is 6.42 Å². The van der Waals surface area contributed by atoms with Crippen molar-refractivity contribution in [2.45, 2.75) is 13.3 Å². The number of fused-ring (bicyclic) bond motifs is 1. The summed E-state index contributed by atoms with van der Waals surface area (Å²) in [6, 6.07) is 0.